The normalized spacial score (nSPS) is 11.4. The number of aromatic nitrogens is 1. The molecule has 2 rings (SSSR count). The first kappa shape index (κ1) is 16.4. The van der Waals surface area contributed by atoms with Crippen molar-refractivity contribution in [3.63, 3.8) is 0 Å². The third-order valence-corrected chi connectivity index (χ3v) is 3.34. The molecular formula is C15H13N3O4S. The number of carboxylic acid groups (broad SMARTS) is 1. The SMILES string of the molecule is O=CNc1nc(C(=NOC/C=C/c2ccccc2)C(=O)O)cs1. The molecule has 23 heavy (non-hydrogen) atoms. The second kappa shape index (κ2) is 8.44. The van der Waals surface area contributed by atoms with Crippen molar-refractivity contribution in [3.05, 3.63) is 53.0 Å². The van der Waals surface area contributed by atoms with Crippen molar-refractivity contribution in [2.24, 2.45) is 5.16 Å². The number of carbonyl (C=O) groups is 2. The molecule has 0 unspecified atom stereocenters. The van der Waals surface area contributed by atoms with Crippen LogP contribution in [-0.4, -0.2) is 34.8 Å². The summed E-state index contributed by atoms with van der Waals surface area (Å²) in [7, 11) is 0. The van der Waals surface area contributed by atoms with Crippen LogP contribution in [0.3, 0.4) is 0 Å². The Kier molecular flexibility index (Phi) is 6.01. The van der Waals surface area contributed by atoms with Gasteiger partial charge in [0.05, 0.1) is 0 Å². The summed E-state index contributed by atoms with van der Waals surface area (Å²) < 4.78 is 0. The average Bonchev–Trinajstić information content (AvgIpc) is 3.00. The fraction of sp³-hybridized carbons (Fsp3) is 0.0667. The van der Waals surface area contributed by atoms with E-state index < -0.39 is 5.97 Å². The molecule has 0 bridgehead atoms. The number of anilines is 1. The molecular weight excluding hydrogens is 318 g/mol. The number of carboxylic acids is 1. The largest absolute Gasteiger partial charge is 0.476 e. The second-order valence-electron chi connectivity index (χ2n) is 4.15. The summed E-state index contributed by atoms with van der Waals surface area (Å²) in [6.45, 7) is 0.120. The first-order chi connectivity index (χ1) is 11.2. The molecule has 0 radical (unpaired) electrons. The first-order valence-corrected chi connectivity index (χ1v) is 7.39. The Bertz CT molecular complexity index is 725. The number of oxime groups is 1. The molecule has 118 valence electrons. The lowest BCUT2D eigenvalue weighted by atomic mass is 10.2. The summed E-state index contributed by atoms with van der Waals surface area (Å²) in [6.07, 6.45) is 4.02. The number of amides is 1. The van der Waals surface area contributed by atoms with Gasteiger partial charge in [0.2, 0.25) is 12.1 Å². The van der Waals surface area contributed by atoms with Crippen LogP contribution in [0, 0.1) is 0 Å². The van der Waals surface area contributed by atoms with Crippen LogP contribution in [0.1, 0.15) is 11.3 Å². The van der Waals surface area contributed by atoms with Crippen LogP contribution in [0.2, 0.25) is 0 Å². The van der Waals surface area contributed by atoms with Gasteiger partial charge in [-0.05, 0) is 11.6 Å². The predicted molar refractivity (Wildman–Crippen MR) is 87.4 cm³/mol. The molecule has 1 heterocycles. The summed E-state index contributed by atoms with van der Waals surface area (Å²) in [5.41, 5.74) is 0.801. The van der Waals surface area contributed by atoms with E-state index in [9.17, 15) is 9.59 Å². The Hall–Kier alpha value is -3.00. The Morgan fingerprint density at radius 1 is 1.39 bits per heavy atom. The van der Waals surface area contributed by atoms with Crippen molar-refractivity contribution in [2.45, 2.75) is 0 Å². The number of hydrogen-bond acceptors (Lipinski definition) is 6. The maximum Gasteiger partial charge on any atom is 0.360 e. The molecule has 2 aromatic rings. The third kappa shape index (κ3) is 5.04. The van der Waals surface area contributed by atoms with Gasteiger partial charge < -0.3 is 15.3 Å². The number of hydrogen-bond donors (Lipinski definition) is 2. The molecule has 1 aromatic heterocycles. The molecule has 8 heteroatoms. The van der Waals surface area contributed by atoms with Gasteiger partial charge in [-0.15, -0.1) is 11.3 Å². The van der Waals surface area contributed by atoms with Gasteiger partial charge in [0.15, 0.2) is 5.13 Å². The number of carbonyl (C=O) groups excluding carboxylic acids is 1. The molecule has 0 aliphatic carbocycles. The summed E-state index contributed by atoms with van der Waals surface area (Å²) in [5.74, 6) is -1.26. The van der Waals surface area contributed by atoms with E-state index >= 15 is 0 Å². The van der Waals surface area contributed by atoms with E-state index in [-0.39, 0.29) is 23.1 Å². The number of thiazole rings is 1. The van der Waals surface area contributed by atoms with Gasteiger partial charge in [0.1, 0.15) is 12.3 Å². The predicted octanol–water partition coefficient (Wildman–Crippen LogP) is 2.23. The summed E-state index contributed by atoms with van der Waals surface area (Å²) in [6, 6.07) is 9.60. The number of aliphatic carboxylic acids is 1. The number of nitrogens with one attached hydrogen (secondary N) is 1. The van der Waals surface area contributed by atoms with Crippen molar-refractivity contribution < 1.29 is 19.5 Å². The van der Waals surface area contributed by atoms with E-state index in [1.165, 1.54) is 5.38 Å². The maximum atomic E-state index is 11.2. The van der Waals surface area contributed by atoms with Gasteiger partial charge in [-0.1, -0.05) is 41.6 Å². The highest BCUT2D eigenvalue weighted by Gasteiger charge is 2.17. The molecule has 0 spiro atoms. The van der Waals surface area contributed by atoms with Crippen molar-refractivity contribution >= 4 is 40.6 Å². The monoisotopic (exact) mass is 331 g/mol. The van der Waals surface area contributed by atoms with Crippen LogP contribution in [0.5, 0.6) is 0 Å². The van der Waals surface area contributed by atoms with Crippen LogP contribution in [0.4, 0.5) is 5.13 Å². The molecule has 0 aliphatic heterocycles. The molecule has 0 aliphatic rings. The van der Waals surface area contributed by atoms with Crippen molar-refractivity contribution in [2.75, 3.05) is 11.9 Å². The zero-order chi connectivity index (χ0) is 16.5. The lowest BCUT2D eigenvalue weighted by molar-refractivity contribution is -0.129. The molecule has 0 saturated carbocycles. The second-order valence-corrected chi connectivity index (χ2v) is 5.01. The quantitative estimate of drug-likeness (QED) is 0.334. The maximum absolute atomic E-state index is 11.2. The highest BCUT2D eigenvalue weighted by molar-refractivity contribution is 7.14. The van der Waals surface area contributed by atoms with Crippen molar-refractivity contribution in [1.82, 2.24) is 4.98 Å². The van der Waals surface area contributed by atoms with E-state index in [0.29, 0.717) is 6.41 Å². The standard InChI is InChI=1S/C15H13N3O4S/c19-10-16-15-17-12(9-23-15)13(14(20)21)18-22-8-4-7-11-5-2-1-3-6-11/h1-7,9-10H,8H2,(H,20,21)(H,16,17,19)/b7-4+,18-13?. The van der Waals surface area contributed by atoms with E-state index in [4.69, 9.17) is 9.94 Å². The topological polar surface area (TPSA) is 101 Å². The Morgan fingerprint density at radius 3 is 2.87 bits per heavy atom. The molecule has 0 saturated heterocycles. The van der Waals surface area contributed by atoms with Gasteiger partial charge in [0.25, 0.3) is 0 Å². The van der Waals surface area contributed by atoms with Crippen LogP contribution in [0.15, 0.2) is 46.9 Å². The Morgan fingerprint density at radius 2 is 2.17 bits per heavy atom. The molecule has 1 aromatic carbocycles. The number of benzene rings is 1. The van der Waals surface area contributed by atoms with E-state index in [0.717, 1.165) is 16.9 Å². The Balaban J connectivity index is 1.97. The Labute approximate surface area is 135 Å². The summed E-state index contributed by atoms with van der Waals surface area (Å²) >= 11 is 1.09. The van der Waals surface area contributed by atoms with Crippen LogP contribution < -0.4 is 5.32 Å². The molecule has 0 atom stereocenters. The van der Waals surface area contributed by atoms with E-state index in [1.807, 2.05) is 36.4 Å². The van der Waals surface area contributed by atoms with Gasteiger partial charge >= 0.3 is 5.97 Å². The lowest BCUT2D eigenvalue weighted by Crippen LogP contribution is -2.15. The summed E-state index contributed by atoms with van der Waals surface area (Å²) in [4.78, 5) is 30.5. The highest BCUT2D eigenvalue weighted by Crippen LogP contribution is 2.15. The minimum absolute atomic E-state index is 0.120. The summed E-state index contributed by atoms with van der Waals surface area (Å²) in [5, 5.41) is 16.8. The van der Waals surface area contributed by atoms with Crippen LogP contribution in [0.25, 0.3) is 6.08 Å². The first-order valence-electron chi connectivity index (χ1n) is 6.51. The van der Waals surface area contributed by atoms with Gasteiger partial charge in [-0.3, -0.25) is 4.79 Å². The van der Waals surface area contributed by atoms with Crippen molar-refractivity contribution in [3.8, 4) is 0 Å². The average molecular weight is 331 g/mol. The van der Waals surface area contributed by atoms with Crippen molar-refractivity contribution in [1.29, 1.82) is 0 Å². The van der Waals surface area contributed by atoms with Crippen LogP contribution in [-0.2, 0) is 14.4 Å². The van der Waals surface area contributed by atoms with E-state index in [2.05, 4.69) is 15.5 Å². The zero-order valence-electron chi connectivity index (χ0n) is 11.9. The fourth-order valence-electron chi connectivity index (χ4n) is 1.59. The molecule has 2 N–H and O–H groups in total. The van der Waals surface area contributed by atoms with E-state index in [1.54, 1.807) is 6.08 Å². The minimum atomic E-state index is -1.26. The van der Waals surface area contributed by atoms with Gasteiger partial charge in [-0.25, -0.2) is 9.78 Å². The number of nitrogens with zero attached hydrogens (tertiary/aromatic N) is 2. The highest BCUT2D eigenvalue weighted by atomic mass is 32.1. The smallest absolute Gasteiger partial charge is 0.360 e. The van der Waals surface area contributed by atoms with Gasteiger partial charge in [-0.2, -0.15) is 0 Å². The molecule has 0 fully saturated rings. The molecule has 1 amide bonds. The molecule has 7 nitrogen and oxygen atoms in total. The number of rotatable bonds is 8. The third-order valence-electron chi connectivity index (χ3n) is 2.57. The minimum Gasteiger partial charge on any atom is -0.476 e. The fourth-order valence-corrected chi connectivity index (χ4v) is 2.24. The van der Waals surface area contributed by atoms with Crippen LogP contribution >= 0.6 is 11.3 Å². The van der Waals surface area contributed by atoms with Gasteiger partial charge in [0, 0.05) is 5.38 Å². The zero-order valence-corrected chi connectivity index (χ0v) is 12.7. The lowest BCUT2D eigenvalue weighted by Gasteiger charge is -1.98.